The van der Waals surface area contributed by atoms with E-state index in [0.29, 0.717) is 29.8 Å². The number of H-pyrrole nitrogens is 1. The summed E-state index contributed by atoms with van der Waals surface area (Å²) in [5.74, 6) is 0.366. The monoisotopic (exact) mass is 447 g/mol. The van der Waals surface area contributed by atoms with E-state index in [9.17, 15) is 9.59 Å². The Morgan fingerprint density at radius 2 is 1.66 bits per heavy atom. The molecule has 0 aliphatic carbocycles. The van der Waals surface area contributed by atoms with Gasteiger partial charge in [0.25, 0.3) is 5.56 Å². The zero-order valence-corrected chi connectivity index (χ0v) is 17.2. The third-order valence-corrected chi connectivity index (χ3v) is 5.44. The molecule has 0 amide bonds. The molecule has 2 aliphatic heterocycles. The van der Waals surface area contributed by atoms with E-state index < -0.39 is 11.2 Å². The average Bonchev–Trinajstić information content (AvgIpc) is 3.53. The molecule has 3 aromatic heterocycles. The Balaban J connectivity index is 0.000000155. The Kier molecular flexibility index (Phi) is 6.60. The number of nitrogens with one attached hydrogen (secondary N) is 1. The van der Waals surface area contributed by atoms with Crippen molar-refractivity contribution >= 4 is 17.0 Å². The van der Waals surface area contributed by atoms with Crippen LogP contribution in [0.1, 0.15) is 38.1 Å². The van der Waals surface area contributed by atoms with Gasteiger partial charge in [-0.05, 0) is 25.7 Å². The minimum atomic E-state index is -0.480. The topological polar surface area (TPSA) is 183 Å². The van der Waals surface area contributed by atoms with Crippen molar-refractivity contribution in [3.63, 3.8) is 0 Å². The molecule has 4 atom stereocenters. The first-order valence-corrected chi connectivity index (χ1v) is 10.3. The molecule has 0 spiro atoms. The summed E-state index contributed by atoms with van der Waals surface area (Å²) < 4.78 is 14.2. The Morgan fingerprint density at radius 1 is 1.00 bits per heavy atom. The highest BCUT2D eigenvalue weighted by Crippen LogP contribution is 2.30. The Hall–Kier alpha value is -3.13. The van der Waals surface area contributed by atoms with Gasteiger partial charge in [0.2, 0.25) is 0 Å². The second kappa shape index (κ2) is 9.56. The lowest BCUT2D eigenvalue weighted by atomic mass is 10.2. The van der Waals surface area contributed by atoms with Crippen LogP contribution in [0.2, 0.25) is 0 Å². The molecule has 2 saturated heterocycles. The Bertz CT molecular complexity index is 1170. The summed E-state index contributed by atoms with van der Waals surface area (Å²) >= 11 is 0. The standard InChI is InChI=1S/C10H13N5O2.C9H12N2O4/c11-9-8-10(13-4-12-9)15(5-14-8)7-2-1-6(3-16)17-7;12-5-6-1-2-8(15-6)11-4-3-7(13)10-9(11)14/h4-7,16H,1-3H2,(H2,11,12,13);3-4,6,8,12H,1-2,5H2,(H,10,13,14)/t6-,7+;6-,8+/m00/s1. The lowest BCUT2D eigenvalue weighted by molar-refractivity contribution is -0.0246. The molecule has 0 aromatic carbocycles. The first-order valence-electron chi connectivity index (χ1n) is 10.3. The lowest BCUT2D eigenvalue weighted by Gasteiger charge is -2.13. The number of aromatic amines is 1. The number of aliphatic hydroxyl groups is 2. The molecule has 5 rings (SSSR count). The van der Waals surface area contributed by atoms with Gasteiger partial charge in [0.05, 0.1) is 31.7 Å². The van der Waals surface area contributed by atoms with Crippen molar-refractivity contribution in [3.05, 3.63) is 45.8 Å². The molecule has 0 unspecified atom stereocenters. The molecular weight excluding hydrogens is 422 g/mol. The predicted octanol–water partition coefficient (Wildman–Crippen LogP) is -0.715. The van der Waals surface area contributed by atoms with Gasteiger partial charge < -0.3 is 25.4 Å². The van der Waals surface area contributed by atoms with Crippen LogP contribution in [0.15, 0.2) is 34.5 Å². The quantitative estimate of drug-likeness (QED) is 0.398. The van der Waals surface area contributed by atoms with Gasteiger partial charge in [-0.1, -0.05) is 0 Å². The largest absolute Gasteiger partial charge is 0.394 e. The number of imidazole rings is 1. The van der Waals surface area contributed by atoms with Crippen LogP contribution in [0.4, 0.5) is 5.82 Å². The van der Waals surface area contributed by atoms with Crippen molar-refractivity contribution in [2.45, 2.75) is 50.3 Å². The van der Waals surface area contributed by atoms with Gasteiger partial charge in [-0.3, -0.25) is 18.9 Å². The number of aliphatic hydroxyl groups excluding tert-OH is 2. The van der Waals surface area contributed by atoms with Crippen LogP contribution in [0, 0.1) is 0 Å². The summed E-state index contributed by atoms with van der Waals surface area (Å²) in [7, 11) is 0. The minimum Gasteiger partial charge on any atom is -0.394 e. The van der Waals surface area contributed by atoms with Crippen LogP contribution in [0.25, 0.3) is 11.2 Å². The van der Waals surface area contributed by atoms with Crippen LogP contribution in [0.5, 0.6) is 0 Å². The van der Waals surface area contributed by atoms with Crippen molar-refractivity contribution < 1.29 is 19.7 Å². The van der Waals surface area contributed by atoms with E-state index in [-0.39, 0.29) is 37.9 Å². The molecule has 0 bridgehead atoms. The summed E-state index contributed by atoms with van der Waals surface area (Å²) in [6.45, 7) is -0.00510. The normalized spacial score (nSPS) is 25.1. The zero-order valence-electron chi connectivity index (χ0n) is 17.2. The molecule has 2 aliphatic rings. The van der Waals surface area contributed by atoms with E-state index in [1.54, 1.807) is 6.33 Å². The maximum Gasteiger partial charge on any atom is 0.330 e. The molecule has 0 saturated carbocycles. The van der Waals surface area contributed by atoms with Gasteiger partial charge in [-0.2, -0.15) is 0 Å². The third kappa shape index (κ3) is 4.55. The fourth-order valence-corrected chi connectivity index (χ4v) is 3.79. The Labute approximate surface area is 181 Å². The van der Waals surface area contributed by atoms with Crippen molar-refractivity contribution in [2.75, 3.05) is 18.9 Å². The van der Waals surface area contributed by atoms with Gasteiger partial charge in [-0.25, -0.2) is 19.7 Å². The number of nitrogens with two attached hydrogens (primary N) is 1. The van der Waals surface area contributed by atoms with Gasteiger partial charge in [0.15, 0.2) is 11.5 Å². The summed E-state index contributed by atoms with van der Waals surface area (Å²) in [5, 5.41) is 17.9. The number of anilines is 1. The molecule has 172 valence electrons. The molecule has 32 heavy (non-hydrogen) atoms. The van der Waals surface area contributed by atoms with E-state index in [1.807, 2.05) is 4.57 Å². The van der Waals surface area contributed by atoms with Crippen molar-refractivity contribution in [2.24, 2.45) is 0 Å². The van der Waals surface area contributed by atoms with Gasteiger partial charge in [0, 0.05) is 12.3 Å². The molecule has 13 nitrogen and oxygen atoms in total. The first kappa shape index (κ1) is 22.1. The smallest absolute Gasteiger partial charge is 0.330 e. The molecule has 0 radical (unpaired) electrons. The highest BCUT2D eigenvalue weighted by molar-refractivity contribution is 5.81. The average molecular weight is 447 g/mol. The summed E-state index contributed by atoms with van der Waals surface area (Å²) in [4.78, 5) is 36.6. The van der Waals surface area contributed by atoms with Crippen molar-refractivity contribution in [1.82, 2.24) is 29.1 Å². The van der Waals surface area contributed by atoms with Gasteiger partial charge in [-0.15, -0.1) is 0 Å². The molecule has 2 fully saturated rings. The van der Waals surface area contributed by atoms with Crippen LogP contribution < -0.4 is 17.0 Å². The molecule has 5 heterocycles. The molecule has 13 heteroatoms. The highest BCUT2D eigenvalue weighted by atomic mass is 16.5. The van der Waals surface area contributed by atoms with E-state index in [4.69, 9.17) is 25.4 Å². The van der Waals surface area contributed by atoms with Crippen LogP contribution in [-0.4, -0.2) is 64.7 Å². The second-order valence-electron chi connectivity index (χ2n) is 7.55. The minimum absolute atomic E-state index is 0.0419. The maximum atomic E-state index is 11.4. The predicted molar refractivity (Wildman–Crippen MR) is 112 cm³/mol. The van der Waals surface area contributed by atoms with Gasteiger partial charge >= 0.3 is 5.69 Å². The third-order valence-electron chi connectivity index (χ3n) is 5.44. The second-order valence-corrected chi connectivity index (χ2v) is 7.55. The number of fused-ring (bicyclic) bond motifs is 1. The number of rotatable bonds is 4. The zero-order chi connectivity index (χ0) is 22.7. The fraction of sp³-hybridized carbons (Fsp3) is 0.526. The van der Waals surface area contributed by atoms with E-state index in [2.05, 4.69) is 19.9 Å². The number of ether oxygens (including phenoxy) is 2. The maximum absolute atomic E-state index is 11.4. The summed E-state index contributed by atoms with van der Waals surface area (Å²) in [6.07, 6.45) is 6.69. The van der Waals surface area contributed by atoms with Gasteiger partial charge in [0.1, 0.15) is 24.3 Å². The number of aromatic nitrogens is 6. The van der Waals surface area contributed by atoms with Crippen LogP contribution in [0.3, 0.4) is 0 Å². The van der Waals surface area contributed by atoms with E-state index in [0.717, 1.165) is 12.8 Å². The fourth-order valence-electron chi connectivity index (χ4n) is 3.79. The number of hydrogen-bond acceptors (Lipinski definition) is 10. The van der Waals surface area contributed by atoms with Crippen molar-refractivity contribution in [1.29, 1.82) is 0 Å². The molecular formula is C19H25N7O6. The number of nitrogen functional groups attached to an aromatic ring is 1. The van der Waals surface area contributed by atoms with Crippen LogP contribution >= 0.6 is 0 Å². The van der Waals surface area contributed by atoms with E-state index in [1.165, 1.54) is 23.2 Å². The molecule has 3 aromatic rings. The number of nitrogens with zero attached hydrogens (tertiary/aromatic N) is 5. The molecule has 5 N–H and O–H groups in total. The van der Waals surface area contributed by atoms with E-state index >= 15 is 0 Å². The first-order chi connectivity index (χ1) is 15.5. The SMILES string of the molecule is Nc1ncnc2c1ncn2[C@H]1CC[C@@H](CO)O1.O=c1ccn([C@H]2CC[C@@H](CO)O2)c(=O)[nH]1. The summed E-state index contributed by atoms with van der Waals surface area (Å²) in [6, 6.07) is 1.27. The highest BCUT2D eigenvalue weighted by Gasteiger charge is 2.28. The van der Waals surface area contributed by atoms with Crippen molar-refractivity contribution in [3.8, 4) is 0 Å². The number of hydrogen-bond donors (Lipinski definition) is 4. The Morgan fingerprint density at radius 3 is 2.25 bits per heavy atom. The lowest BCUT2D eigenvalue weighted by Crippen LogP contribution is -2.31. The van der Waals surface area contributed by atoms with Crippen LogP contribution in [-0.2, 0) is 9.47 Å². The summed E-state index contributed by atoms with van der Waals surface area (Å²) in [5.41, 5.74) is 6.06.